The quantitative estimate of drug-likeness (QED) is 0.291. The molecule has 2 rings (SSSR count). The van der Waals surface area contributed by atoms with Crippen molar-refractivity contribution in [1.29, 1.82) is 0 Å². The van der Waals surface area contributed by atoms with Crippen LogP contribution in [0.15, 0.2) is 53.2 Å². The Labute approximate surface area is 173 Å². The van der Waals surface area contributed by atoms with Crippen molar-refractivity contribution < 1.29 is 14.3 Å². The van der Waals surface area contributed by atoms with Gasteiger partial charge in [-0.25, -0.2) is 0 Å². The molecule has 1 aliphatic rings. The summed E-state index contributed by atoms with van der Waals surface area (Å²) in [5, 5.41) is 0. The molecule has 0 atom stereocenters. The van der Waals surface area contributed by atoms with Crippen LogP contribution in [0, 0.1) is 0 Å². The Hall–Kier alpha value is -2.86. The van der Waals surface area contributed by atoms with E-state index in [0.29, 0.717) is 17.2 Å². The van der Waals surface area contributed by atoms with Gasteiger partial charge in [0.15, 0.2) is 11.5 Å². The van der Waals surface area contributed by atoms with Crippen LogP contribution >= 0.6 is 0 Å². The monoisotopic (exact) mass is 397 g/mol. The molecule has 1 aliphatic heterocycles. The van der Waals surface area contributed by atoms with Gasteiger partial charge in [-0.2, -0.15) is 0 Å². The molecule has 156 valence electrons. The van der Waals surface area contributed by atoms with E-state index in [1.807, 2.05) is 19.1 Å². The number of carbonyl (C=O) groups is 1. The molecule has 1 aromatic rings. The van der Waals surface area contributed by atoms with E-state index in [1.165, 1.54) is 6.08 Å². The largest absolute Gasteiger partial charge is 0.493 e. The van der Waals surface area contributed by atoms with Crippen molar-refractivity contribution in [2.45, 2.75) is 13.3 Å². The van der Waals surface area contributed by atoms with Crippen molar-refractivity contribution >= 4 is 18.2 Å². The molecule has 1 saturated heterocycles. The number of carbonyl (C=O) groups excluding carboxylic acids is 1. The van der Waals surface area contributed by atoms with E-state index >= 15 is 0 Å². The van der Waals surface area contributed by atoms with Crippen LogP contribution in [0.4, 0.5) is 0 Å². The lowest BCUT2D eigenvalue weighted by Gasteiger charge is -2.23. The molecule has 6 nitrogen and oxygen atoms in total. The summed E-state index contributed by atoms with van der Waals surface area (Å²) in [5.41, 5.74) is 3.27. The van der Waals surface area contributed by atoms with Gasteiger partial charge in [0, 0.05) is 43.2 Å². The first-order chi connectivity index (χ1) is 14.0. The number of allylic oxidation sites excluding steroid dienone is 3. The standard InChI is InChI=1S/C23H31N3O3/c1-18(15-19(2)26-11-6-10-25(3)12-13-26)17-24-21(9-14-27)20-7-8-22(28-4)23(16-20)29-5/h7-9,14-17H,2,6,10-13H2,1,3-5H3/b18-15-,21-9-,24-17+. The minimum absolute atomic E-state index is 0.552. The van der Waals surface area contributed by atoms with Crippen LogP contribution in [-0.2, 0) is 4.79 Å². The highest BCUT2D eigenvalue weighted by Gasteiger charge is 2.12. The first-order valence-electron chi connectivity index (χ1n) is 9.71. The summed E-state index contributed by atoms with van der Waals surface area (Å²) in [5.74, 6) is 1.21. The van der Waals surface area contributed by atoms with E-state index in [2.05, 4.69) is 28.4 Å². The Balaban J connectivity index is 2.15. The average molecular weight is 398 g/mol. The molecule has 29 heavy (non-hydrogen) atoms. The fourth-order valence-corrected chi connectivity index (χ4v) is 3.17. The van der Waals surface area contributed by atoms with E-state index < -0.39 is 0 Å². The van der Waals surface area contributed by atoms with E-state index in [4.69, 9.17) is 9.47 Å². The number of hydrogen-bond donors (Lipinski definition) is 0. The normalized spacial score (nSPS) is 16.6. The number of ether oxygens (including phenoxy) is 2. The lowest BCUT2D eigenvalue weighted by molar-refractivity contribution is -0.104. The molecule has 6 heteroatoms. The Bertz CT molecular complexity index is 812. The summed E-state index contributed by atoms with van der Waals surface area (Å²) in [6.07, 6.45) is 7.07. The Morgan fingerprint density at radius 3 is 2.59 bits per heavy atom. The Morgan fingerprint density at radius 1 is 1.14 bits per heavy atom. The zero-order valence-electron chi connectivity index (χ0n) is 17.9. The number of aldehydes is 1. The average Bonchev–Trinajstić information content (AvgIpc) is 2.95. The third-order valence-corrected chi connectivity index (χ3v) is 4.83. The second kappa shape index (κ2) is 11.2. The van der Waals surface area contributed by atoms with Crippen LogP contribution in [0.5, 0.6) is 11.5 Å². The van der Waals surface area contributed by atoms with E-state index in [0.717, 1.165) is 55.7 Å². The molecule has 0 N–H and O–H groups in total. The summed E-state index contributed by atoms with van der Waals surface area (Å²) in [4.78, 5) is 20.3. The zero-order chi connectivity index (χ0) is 21.2. The summed E-state index contributed by atoms with van der Waals surface area (Å²) in [7, 11) is 5.31. The SMILES string of the molecule is C=C(\C=C(C)/C=N/C(=C\C=O)c1ccc(OC)c(OC)c1)N1CCCN(C)CC1. The van der Waals surface area contributed by atoms with Crippen LogP contribution in [0.3, 0.4) is 0 Å². The number of benzene rings is 1. The molecule has 0 bridgehead atoms. The molecule has 0 amide bonds. The second-order valence-electron chi connectivity index (χ2n) is 7.04. The van der Waals surface area contributed by atoms with Gasteiger partial charge in [-0.15, -0.1) is 0 Å². The van der Waals surface area contributed by atoms with Gasteiger partial charge in [-0.1, -0.05) is 6.58 Å². The van der Waals surface area contributed by atoms with Gasteiger partial charge in [0.1, 0.15) is 6.29 Å². The first-order valence-corrected chi connectivity index (χ1v) is 9.71. The second-order valence-corrected chi connectivity index (χ2v) is 7.04. The highest BCUT2D eigenvalue weighted by atomic mass is 16.5. The van der Waals surface area contributed by atoms with Crippen LogP contribution < -0.4 is 9.47 Å². The molecule has 0 saturated carbocycles. The van der Waals surface area contributed by atoms with Gasteiger partial charge in [0.25, 0.3) is 0 Å². The maximum Gasteiger partial charge on any atom is 0.161 e. The fraction of sp³-hybridized carbons (Fsp3) is 0.391. The highest BCUT2D eigenvalue weighted by Crippen LogP contribution is 2.30. The molecule has 0 aliphatic carbocycles. The molecule has 0 spiro atoms. The third kappa shape index (κ3) is 6.61. The molecule has 0 radical (unpaired) electrons. The molecular formula is C23H31N3O3. The number of likely N-dealkylation sites (N-methyl/N-ethyl adjacent to an activating group) is 1. The van der Waals surface area contributed by atoms with Crippen LogP contribution in [-0.4, -0.2) is 69.7 Å². The first kappa shape index (κ1) is 22.4. The van der Waals surface area contributed by atoms with Gasteiger partial charge in [0.05, 0.1) is 19.9 Å². The van der Waals surface area contributed by atoms with Crippen LogP contribution in [0.1, 0.15) is 18.9 Å². The van der Waals surface area contributed by atoms with Crippen molar-refractivity contribution in [2.75, 3.05) is 47.4 Å². The van der Waals surface area contributed by atoms with Crippen LogP contribution in [0.25, 0.3) is 5.70 Å². The van der Waals surface area contributed by atoms with Gasteiger partial charge in [-0.05, 0) is 56.8 Å². The van der Waals surface area contributed by atoms with Gasteiger partial charge < -0.3 is 19.3 Å². The van der Waals surface area contributed by atoms with E-state index in [1.54, 1.807) is 32.6 Å². The van der Waals surface area contributed by atoms with Crippen molar-refractivity contribution in [3.63, 3.8) is 0 Å². The number of methoxy groups -OCH3 is 2. The molecule has 1 aromatic carbocycles. The van der Waals surface area contributed by atoms with Gasteiger partial charge >= 0.3 is 0 Å². The van der Waals surface area contributed by atoms with Gasteiger partial charge in [-0.3, -0.25) is 9.79 Å². The molecule has 0 aromatic heterocycles. The Morgan fingerprint density at radius 2 is 1.90 bits per heavy atom. The lowest BCUT2D eigenvalue weighted by Crippen LogP contribution is -2.27. The van der Waals surface area contributed by atoms with Crippen molar-refractivity contribution in [1.82, 2.24) is 9.80 Å². The summed E-state index contributed by atoms with van der Waals surface area (Å²) in [6.45, 7) is 10.3. The van der Waals surface area contributed by atoms with Crippen molar-refractivity contribution in [3.05, 3.63) is 53.8 Å². The van der Waals surface area contributed by atoms with Crippen molar-refractivity contribution in [2.24, 2.45) is 4.99 Å². The summed E-state index contributed by atoms with van der Waals surface area (Å²) in [6, 6.07) is 5.44. The molecule has 0 unspecified atom stereocenters. The number of rotatable bonds is 8. The van der Waals surface area contributed by atoms with Gasteiger partial charge in [0.2, 0.25) is 0 Å². The molecule has 1 fully saturated rings. The van der Waals surface area contributed by atoms with Crippen molar-refractivity contribution in [3.8, 4) is 11.5 Å². The van der Waals surface area contributed by atoms with Crippen LogP contribution in [0.2, 0.25) is 0 Å². The molecule has 1 heterocycles. The summed E-state index contributed by atoms with van der Waals surface area (Å²) >= 11 is 0. The number of aliphatic imine (C=N–C) groups is 1. The summed E-state index contributed by atoms with van der Waals surface area (Å²) < 4.78 is 10.6. The van der Waals surface area contributed by atoms with E-state index in [-0.39, 0.29) is 0 Å². The number of nitrogens with zero attached hydrogens (tertiary/aromatic N) is 3. The topological polar surface area (TPSA) is 54.4 Å². The minimum Gasteiger partial charge on any atom is -0.493 e. The minimum atomic E-state index is 0.552. The predicted octanol–water partition coefficient (Wildman–Crippen LogP) is 3.41. The maximum atomic E-state index is 11.1. The van der Waals surface area contributed by atoms with E-state index in [9.17, 15) is 4.79 Å². The predicted molar refractivity (Wildman–Crippen MR) is 119 cm³/mol. The zero-order valence-corrected chi connectivity index (χ0v) is 17.9. The maximum absolute atomic E-state index is 11.1. The lowest BCUT2D eigenvalue weighted by atomic mass is 10.1. The smallest absolute Gasteiger partial charge is 0.161 e. The highest BCUT2D eigenvalue weighted by molar-refractivity contribution is 5.89. The fourth-order valence-electron chi connectivity index (χ4n) is 3.17. The molecular weight excluding hydrogens is 366 g/mol. The number of hydrogen-bond acceptors (Lipinski definition) is 6. The third-order valence-electron chi connectivity index (χ3n) is 4.83. The Kier molecular flexibility index (Phi) is 8.68.